The quantitative estimate of drug-likeness (QED) is 0.647. The zero-order valence-electron chi connectivity index (χ0n) is 9.27. The first kappa shape index (κ1) is 11.6. The van der Waals surface area contributed by atoms with Gasteiger partial charge in [0.25, 0.3) is 5.91 Å². The summed E-state index contributed by atoms with van der Waals surface area (Å²) in [6.07, 6.45) is 2.09. The molecule has 1 fully saturated rings. The molecule has 0 unspecified atom stereocenters. The van der Waals surface area contributed by atoms with Crippen molar-refractivity contribution in [3.63, 3.8) is 0 Å². The first-order chi connectivity index (χ1) is 8.20. The van der Waals surface area contributed by atoms with Gasteiger partial charge in [-0.05, 0) is 13.0 Å². The van der Waals surface area contributed by atoms with Crippen LogP contribution in [0, 0.1) is 0 Å². The maximum Gasteiger partial charge on any atom is 0.354 e. The molecule has 3 N–H and O–H groups in total. The summed E-state index contributed by atoms with van der Waals surface area (Å²) in [5.74, 6) is -1.49. The van der Waals surface area contributed by atoms with E-state index in [2.05, 4.69) is 15.3 Å². The molecule has 1 aromatic rings. The lowest BCUT2D eigenvalue weighted by molar-refractivity contribution is 0.0670. The van der Waals surface area contributed by atoms with E-state index in [0.29, 0.717) is 13.1 Å². The molecule has 7 heteroatoms. The molecule has 0 radical (unpaired) electrons. The number of rotatable bonds is 2. The third-order valence-corrected chi connectivity index (χ3v) is 2.68. The lowest BCUT2D eigenvalue weighted by atomic mass is 10.2. The van der Waals surface area contributed by atoms with Gasteiger partial charge in [0.2, 0.25) is 0 Å². The lowest BCUT2D eigenvalue weighted by Gasteiger charge is -2.18. The maximum atomic E-state index is 12.1. The smallest absolute Gasteiger partial charge is 0.354 e. The highest BCUT2D eigenvalue weighted by Gasteiger charge is 2.24. The van der Waals surface area contributed by atoms with Crippen LogP contribution in [0.1, 0.15) is 27.4 Å². The van der Waals surface area contributed by atoms with Crippen LogP contribution >= 0.6 is 0 Å². The predicted molar refractivity (Wildman–Crippen MR) is 58.9 cm³/mol. The van der Waals surface area contributed by atoms with E-state index < -0.39 is 5.97 Å². The zero-order chi connectivity index (χ0) is 12.3. The minimum Gasteiger partial charge on any atom is -0.477 e. The molecule has 1 amide bonds. The van der Waals surface area contributed by atoms with Gasteiger partial charge in [-0.1, -0.05) is 0 Å². The van der Waals surface area contributed by atoms with Gasteiger partial charge in [-0.2, -0.15) is 0 Å². The molecule has 0 aromatic carbocycles. The summed E-state index contributed by atoms with van der Waals surface area (Å²) in [4.78, 5) is 30.9. The number of hydrogen-bond acceptors (Lipinski definition) is 4. The van der Waals surface area contributed by atoms with Gasteiger partial charge in [0.15, 0.2) is 11.4 Å². The number of hydrogen-bond donors (Lipinski definition) is 3. The van der Waals surface area contributed by atoms with E-state index in [9.17, 15) is 9.59 Å². The first-order valence-electron chi connectivity index (χ1n) is 5.47. The fourth-order valence-corrected chi connectivity index (χ4v) is 1.82. The second kappa shape index (κ2) is 4.96. The van der Waals surface area contributed by atoms with Gasteiger partial charge in [0, 0.05) is 19.6 Å². The molecular formula is C10H14N4O3. The van der Waals surface area contributed by atoms with Crippen molar-refractivity contribution in [3.8, 4) is 0 Å². The van der Waals surface area contributed by atoms with Crippen LogP contribution in [0.15, 0.2) is 6.33 Å². The average molecular weight is 238 g/mol. The maximum absolute atomic E-state index is 12.1. The average Bonchev–Trinajstić information content (AvgIpc) is 2.64. The SMILES string of the molecule is O=C(O)c1[nH]cnc1C(=O)N1CCCNCC1. The summed E-state index contributed by atoms with van der Waals surface area (Å²) in [5.41, 5.74) is -0.161. The van der Waals surface area contributed by atoms with Crippen LogP contribution < -0.4 is 5.32 Å². The summed E-state index contributed by atoms with van der Waals surface area (Å²) in [7, 11) is 0. The van der Waals surface area contributed by atoms with E-state index in [1.165, 1.54) is 6.33 Å². The Labute approximate surface area is 97.8 Å². The Morgan fingerprint density at radius 2 is 2.18 bits per heavy atom. The van der Waals surface area contributed by atoms with Crippen molar-refractivity contribution in [1.82, 2.24) is 20.2 Å². The number of nitrogens with zero attached hydrogens (tertiary/aromatic N) is 2. The van der Waals surface area contributed by atoms with E-state index in [0.717, 1.165) is 19.5 Å². The number of carboxylic acid groups (broad SMARTS) is 1. The van der Waals surface area contributed by atoms with Gasteiger partial charge in [-0.3, -0.25) is 4.79 Å². The van der Waals surface area contributed by atoms with Gasteiger partial charge in [-0.25, -0.2) is 9.78 Å². The van der Waals surface area contributed by atoms with Gasteiger partial charge in [0.1, 0.15) is 0 Å². The Morgan fingerprint density at radius 1 is 1.35 bits per heavy atom. The highest BCUT2D eigenvalue weighted by Crippen LogP contribution is 2.08. The first-order valence-corrected chi connectivity index (χ1v) is 5.47. The molecule has 1 aliphatic rings. The highest BCUT2D eigenvalue weighted by atomic mass is 16.4. The van der Waals surface area contributed by atoms with Crippen molar-refractivity contribution >= 4 is 11.9 Å². The van der Waals surface area contributed by atoms with Crippen molar-refractivity contribution in [2.75, 3.05) is 26.2 Å². The van der Waals surface area contributed by atoms with Crippen LogP contribution in [0.5, 0.6) is 0 Å². The van der Waals surface area contributed by atoms with Crippen LogP contribution in [0.3, 0.4) is 0 Å². The van der Waals surface area contributed by atoms with Gasteiger partial charge < -0.3 is 20.3 Å². The Hall–Kier alpha value is -1.89. The van der Waals surface area contributed by atoms with Gasteiger partial charge in [0.05, 0.1) is 6.33 Å². The molecule has 0 atom stereocenters. The van der Waals surface area contributed by atoms with Crippen LogP contribution in [0.25, 0.3) is 0 Å². The molecule has 2 rings (SSSR count). The molecule has 1 aromatic heterocycles. The molecule has 0 aliphatic carbocycles. The van der Waals surface area contributed by atoms with E-state index in [-0.39, 0.29) is 17.3 Å². The number of carbonyl (C=O) groups is 2. The Balaban J connectivity index is 2.17. The van der Waals surface area contributed by atoms with Crippen molar-refractivity contribution in [2.24, 2.45) is 0 Å². The third kappa shape index (κ3) is 2.44. The van der Waals surface area contributed by atoms with Crippen LogP contribution in [-0.4, -0.2) is 58.0 Å². The number of aromatic nitrogens is 2. The van der Waals surface area contributed by atoms with Gasteiger partial charge in [-0.15, -0.1) is 0 Å². The van der Waals surface area contributed by atoms with Crippen LogP contribution in [0.2, 0.25) is 0 Å². The molecule has 0 saturated carbocycles. The summed E-state index contributed by atoms with van der Waals surface area (Å²) in [6, 6.07) is 0. The zero-order valence-corrected chi connectivity index (χ0v) is 9.27. The van der Waals surface area contributed by atoms with Crippen molar-refractivity contribution in [1.29, 1.82) is 0 Å². The third-order valence-electron chi connectivity index (χ3n) is 2.68. The number of carboxylic acids is 1. The monoisotopic (exact) mass is 238 g/mol. The molecule has 7 nitrogen and oxygen atoms in total. The minimum atomic E-state index is -1.17. The molecule has 0 bridgehead atoms. The van der Waals surface area contributed by atoms with Crippen molar-refractivity contribution in [2.45, 2.75) is 6.42 Å². The van der Waals surface area contributed by atoms with E-state index >= 15 is 0 Å². The number of aromatic amines is 1. The Bertz CT molecular complexity index is 421. The fourth-order valence-electron chi connectivity index (χ4n) is 1.82. The topological polar surface area (TPSA) is 98.3 Å². The van der Waals surface area contributed by atoms with Crippen LogP contribution in [-0.2, 0) is 0 Å². The highest BCUT2D eigenvalue weighted by molar-refractivity contribution is 6.02. The predicted octanol–water partition coefficient (Wildman–Crippen LogP) is -0.457. The number of carbonyl (C=O) groups excluding carboxylic acids is 1. The Kier molecular flexibility index (Phi) is 3.38. The molecule has 17 heavy (non-hydrogen) atoms. The summed E-state index contributed by atoms with van der Waals surface area (Å²) >= 11 is 0. The molecule has 92 valence electrons. The van der Waals surface area contributed by atoms with E-state index in [4.69, 9.17) is 5.11 Å². The number of H-pyrrole nitrogens is 1. The molecule has 1 saturated heterocycles. The second-order valence-electron chi connectivity index (χ2n) is 3.83. The fraction of sp³-hybridized carbons (Fsp3) is 0.500. The standard InChI is InChI=1S/C10H14N4O3/c15-9(14-4-1-2-11-3-5-14)7-8(10(16)17)13-6-12-7/h6,11H,1-5H2,(H,12,13)(H,16,17). The summed E-state index contributed by atoms with van der Waals surface area (Å²) in [5, 5.41) is 12.1. The second-order valence-corrected chi connectivity index (χ2v) is 3.83. The molecular weight excluding hydrogens is 224 g/mol. The number of imidazole rings is 1. The van der Waals surface area contributed by atoms with Crippen molar-refractivity contribution < 1.29 is 14.7 Å². The number of amides is 1. The summed E-state index contributed by atoms with van der Waals surface area (Å²) < 4.78 is 0. The largest absolute Gasteiger partial charge is 0.477 e. The number of aromatic carboxylic acids is 1. The molecule has 0 spiro atoms. The minimum absolute atomic E-state index is 0.0144. The normalized spacial score (nSPS) is 16.6. The summed E-state index contributed by atoms with van der Waals surface area (Å²) in [6.45, 7) is 2.79. The van der Waals surface area contributed by atoms with Gasteiger partial charge >= 0.3 is 5.97 Å². The molecule has 1 aliphatic heterocycles. The van der Waals surface area contributed by atoms with E-state index in [1.807, 2.05) is 0 Å². The van der Waals surface area contributed by atoms with E-state index in [1.54, 1.807) is 4.90 Å². The number of nitrogens with one attached hydrogen (secondary N) is 2. The molecule has 2 heterocycles. The Morgan fingerprint density at radius 3 is 2.94 bits per heavy atom. The lowest BCUT2D eigenvalue weighted by Crippen LogP contribution is -2.35. The van der Waals surface area contributed by atoms with Crippen LogP contribution in [0.4, 0.5) is 0 Å². The van der Waals surface area contributed by atoms with Crippen molar-refractivity contribution in [3.05, 3.63) is 17.7 Å².